The Morgan fingerprint density at radius 1 is 1.10 bits per heavy atom. The van der Waals surface area contributed by atoms with Crippen LogP contribution < -0.4 is 4.74 Å². The third-order valence-corrected chi connectivity index (χ3v) is 5.36. The van der Waals surface area contributed by atoms with E-state index in [9.17, 15) is 4.79 Å². The van der Waals surface area contributed by atoms with Gasteiger partial charge in [-0.3, -0.25) is 4.79 Å². The van der Waals surface area contributed by atoms with Gasteiger partial charge in [-0.15, -0.1) is 0 Å². The van der Waals surface area contributed by atoms with E-state index in [1.54, 1.807) is 30.5 Å². The summed E-state index contributed by atoms with van der Waals surface area (Å²) >= 11 is 0. The number of aromatic nitrogens is 5. The molecule has 4 aromatic rings. The molecule has 0 saturated carbocycles. The molecule has 5 rings (SSSR count). The lowest BCUT2D eigenvalue weighted by atomic mass is 10.1. The van der Waals surface area contributed by atoms with E-state index in [2.05, 4.69) is 20.3 Å². The lowest BCUT2D eigenvalue weighted by Crippen LogP contribution is -2.31. The summed E-state index contributed by atoms with van der Waals surface area (Å²) < 4.78 is 11.0. The van der Waals surface area contributed by atoms with Gasteiger partial charge in [-0.1, -0.05) is 29.4 Å². The maximum Gasteiger partial charge on any atom is 0.256 e. The first-order valence-electron chi connectivity index (χ1n) is 10.00. The van der Waals surface area contributed by atoms with E-state index in [0.29, 0.717) is 35.3 Å². The number of methoxy groups -OCH3 is 1. The van der Waals surface area contributed by atoms with Crippen LogP contribution >= 0.6 is 0 Å². The maximum absolute atomic E-state index is 13.5. The molecule has 0 N–H and O–H groups in total. The van der Waals surface area contributed by atoms with Gasteiger partial charge in [0.2, 0.25) is 11.7 Å². The molecule has 1 unspecified atom stereocenters. The molecule has 1 fully saturated rings. The minimum Gasteiger partial charge on any atom is -0.496 e. The smallest absolute Gasteiger partial charge is 0.256 e. The highest BCUT2D eigenvalue weighted by atomic mass is 16.5. The molecule has 2 aromatic carbocycles. The van der Waals surface area contributed by atoms with Crippen LogP contribution in [0.4, 0.5) is 0 Å². The van der Waals surface area contributed by atoms with E-state index in [4.69, 9.17) is 9.26 Å². The zero-order valence-corrected chi connectivity index (χ0v) is 16.9. The summed E-state index contributed by atoms with van der Waals surface area (Å²) in [7, 11) is 1.60. The number of carbonyl (C=O) groups is 1. The van der Waals surface area contributed by atoms with Gasteiger partial charge in [-0.25, -0.2) is 0 Å². The molecule has 31 heavy (non-hydrogen) atoms. The third-order valence-electron chi connectivity index (χ3n) is 5.36. The summed E-state index contributed by atoms with van der Waals surface area (Å²) in [4.78, 5) is 21.3. The monoisotopic (exact) mass is 416 g/mol. The molecule has 0 aliphatic carbocycles. The highest BCUT2D eigenvalue weighted by molar-refractivity contribution is 5.98. The molecule has 1 saturated heterocycles. The normalized spacial score (nSPS) is 15.9. The number of likely N-dealkylation sites (tertiary alicyclic amines) is 1. The van der Waals surface area contributed by atoms with Crippen LogP contribution in [0.5, 0.6) is 5.75 Å². The Kier molecular flexibility index (Phi) is 4.91. The second-order valence-electron chi connectivity index (χ2n) is 7.15. The van der Waals surface area contributed by atoms with Crippen LogP contribution in [-0.2, 0) is 0 Å². The van der Waals surface area contributed by atoms with Crippen molar-refractivity contribution < 1.29 is 14.1 Å². The lowest BCUT2D eigenvalue weighted by molar-refractivity contribution is 0.0709. The van der Waals surface area contributed by atoms with Crippen LogP contribution in [0, 0.1) is 0 Å². The van der Waals surface area contributed by atoms with E-state index in [-0.39, 0.29) is 11.9 Å². The second-order valence-corrected chi connectivity index (χ2v) is 7.15. The van der Waals surface area contributed by atoms with E-state index in [0.717, 1.165) is 18.4 Å². The van der Waals surface area contributed by atoms with Crippen LogP contribution in [0.15, 0.2) is 65.4 Å². The van der Waals surface area contributed by atoms with Gasteiger partial charge in [0.25, 0.3) is 5.91 Å². The topological polar surface area (TPSA) is 99.2 Å². The summed E-state index contributed by atoms with van der Waals surface area (Å²) in [6.45, 7) is 0.608. The fraction of sp³-hybridized carbons (Fsp3) is 0.227. The Balaban J connectivity index is 1.45. The molecule has 9 heteroatoms. The van der Waals surface area contributed by atoms with Crippen molar-refractivity contribution in [3.05, 3.63) is 72.4 Å². The fourth-order valence-corrected chi connectivity index (χ4v) is 3.90. The van der Waals surface area contributed by atoms with Crippen molar-refractivity contribution in [3.8, 4) is 22.8 Å². The third kappa shape index (κ3) is 3.43. The summed E-state index contributed by atoms with van der Waals surface area (Å²) in [5, 5.41) is 12.5. The number of rotatable bonds is 5. The Morgan fingerprint density at radius 3 is 2.71 bits per heavy atom. The molecule has 2 aromatic heterocycles. The minimum atomic E-state index is -0.290. The Hall–Kier alpha value is -4.01. The number of hydrogen-bond acceptors (Lipinski definition) is 7. The lowest BCUT2D eigenvalue weighted by Gasteiger charge is -2.22. The SMILES string of the molecule is COc1ccccc1-c1noc(C2CCCN2C(=O)c2ccccc2-n2nccn2)n1. The van der Waals surface area contributed by atoms with Gasteiger partial charge >= 0.3 is 0 Å². The van der Waals surface area contributed by atoms with Crippen LogP contribution in [0.1, 0.15) is 35.1 Å². The molecule has 9 nitrogen and oxygen atoms in total. The van der Waals surface area contributed by atoms with Gasteiger partial charge in [-0.2, -0.15) is 20.0 Å². The summed E-state index contributed by atoms with van der Waals surface area (Å²) in [6.07, 6.45) is 4.77. The van der Waals surface area contributed by atoms with Crippen molar-refractivity contribution in [1.29, 1.82) is 0 Å². The summed E-state index contributed by atoms with van der Waals surface area (Å²) in [6, 6.07) is 14.5. The molecule has 0 radical (unpaired) electrons. The average molecular weight is 416 g/mol. The quantitative estimate of drug-likeness (QED) is 0.492. The Bertz CT molecular complexity index is 1200. The first-order valence-corrected chi connectivity index (χ1v) is 10.00. The van der Waals surface area contributed by atoms with Gasteiger partial charge < -0.3 is 14.2 Å². The molecular formula is C22H20N6O3. The van der Waals surface area contributed by atoms with Crippen molar-refractivity contribution in [1.82, 2.24) is 30.0 Å². The van der Waals surface area contributed by atoms with Gasteiger partial charge in [0.05, 0.1) is 36.3 Å². The number of para-hydroxylation sites is 2. The van der Waals surface area contributed by atoms with Crippen molar-refractivity contribution in [2.24, 2.45) is 0 Å². The highest BCUT2D eigenvalue weighted by Crippen LogP contribution is 2.35. The maximum atomic E-state index is 13.5. The van der Waals surface area contributed by atoms with Crippen LogP contribution in [0.2, 0.25) is 0 Å². The van der Waals surface area contributed by atoms with E-state index >= 15 is 0 Å². The zero-order valence-electron chi connectivity index (χ0n) is 16.9. The fourth-order valence-electron chi connectivity index (χ4n) is 3.90. The molecule has 1 aliphatic heterocycles. The Morgan fingerprint density at radius 2 is 1.87 bits per heavy atom. The zero-order chi connectivity index (χ0) is 21.2. The van der Waals surface area contributed by atoms with Crippen molar-refractivity contribution in [2.45, 2.75) is 18.9 Å². The number of carbonyl (C=O) groups excluding carboxylic acids is 1. The molecule has 0 spiro atoms. The predicted octanol–water partition coefficient (Wildman–Crippen LogP) is 3.30. The molecular weight excluding hydrogens is 396 g/mol. The van der Waals surface area contributed by atoms with E-state index < -0.39 is 0 Å². The van der Waals surface area contributed by atoms with Gasteiger partial charge in [-0.05, 0) is 37.1 Å². The number of ether oxygens (including phenoxy) is 1. The van der Waals surface area contributed by atoms with Crippen molar-refractivity contribution in [2.75, 3.05) is 13.7 Å². The van der Waals surface area contributed by atoms with Crippen molar-refractivity contribution in [3.63, 3.8) is 0 Å². The second kappa shape index (κ2) is 8.02. The molecule has 0 bridgehead atoms. The van der Waals surface area contributed by atoms with E-state index in [1.165, 1.54) is 4.80 Å². The average Bonchev–Trinajstić information content (AvgIpc) is 3.59. The number of amides is 1. The van der Waals surface area contributed by atoms with Crippen LogP contribution in [0.25, 0.3) is 17.1 Å². The molecule has 1 aliphatic rings. The number of hydrogen-bond donors (Lipinski definition) is 0. The van der Waals surface area contributed by atoms with Crippen molar-refractivity contribution >= 4 is 5.91 Å². The Labute approximate surface area is 178 Å². The first kappa shape index (κ1) is 19.0. The van der Waals surface area contributed by atoms with Gasteiger partial charge in [0.15, 0.2) is 0 Å². The largest absolute Gasteiger partial charge is 0.496 e. The van der Waals surface area contributed by atoms with Crippen LogP contribution in [0.3, 0.4) is 0 Å². The minimum absolute atomic E-state index is 0.118. The molecule has 1 amide bonds. The molecule has 3 heterocycles. The predicted molar refractivity (Wildman–Crippen MR) is 111 cm³/mol. The van der Waals surface area contributed by atoms with Crippen LogP contribution in [-0.4, -0.2) is 49.6 Å². The molecule has 1 atom stereocenters. The van der Waals surface area contributed by atoms with Gasteiger partial charge in [0, 0.05) is 6.54 Å². The standard InChI is InChI=1S/C22H20N6O3/c1-30-19-11-5-3-8-16(19)20-25-21(31-26-20)18-10-6-14-27(18)22(29)15-7-2-4-9-17(15)28-23-12-13-24-28/h2-5,7-9,11-13,18H,6,10,14H2,1H3. The number of benzene rings is 2. The number of nitrogens with zero attached hydrogens (tertiary/aromatic N) is 6. The first-order chi connectivity index (χ1) is 15.3. The molecule has 156 valence electrons. The summed E-state index contributed by atoms with van der Waals surface area (Å²) in [5.41, 5.74) is 1.89. The highest BCUT2D eigenvalue weighted by Gasteiger charge is 2.35. The van der Waals surface area contributed by atoms with Gasteiger partial charge in [0.1, 0.15) is 11.8 Å². The van der Waals surface area contributed by atoms with E-state index in [1.807, 2.05) is 42.5 Å². The summed E-state index contributed by atoms with van der Waals surface area (Å²) in [5.74, 6) is 1.40.